The molecule has 5 heteroatoms. The smallest absolute Gasteiger partial charge is 0.408 e. The minimum Gasteiger partial charge on any atom is -0.465 e. The molecule has 1 atom stereocenters. The highest BCUT2D eigenvalue weighted by molar-refractivity contribution is 5.67. The van der Waals surface area contributed by atoms with Crippen molar-refractivity contribution in [2.75, 3.05) is 19.6 Å². The summed E-state index contributed by atoms with van der Waals surface area (Å²) in [6.07, 6.45) is 2.54. The van der Waals surface area contributed by atoms with Gasteiger partial charge in [0.25, 0.3) is 0 Å². The molecule has 2 aliphatic rings. The molecule has 2 aliphatic heterocycles. The highest BCUT2D eigenvalue weighted by Crippen LogP contribution is 2.35. The van der Waals surface area contributed by atoms with E-state index in [4.69, 9.17) is 0 Å². The van der Waals surface area contributed by atoms with Gasteiger partial charge in [-0.2, -0.15) is 0 Å². The Morgan fingerprint density at radius 3 is 2.36 bits per heavy atom. The van der Waals surface area contributed by atoms with Gasteiger partial charge in [0.1, 0.15) is 5.82 Å². The number of carboxylic acid groups (broad SMARTS) is 1. The van der Waals surface area contributed by atoms with Crippen molar-refractivity contribution in [2.24, 2.45) is 0 Å². The summed E-state index contributed by atoms with van der Waals surface area (Å²) in [6, 6.07) is 13.5. The number of carbonyl (C=O) groups is 1. The number of hydrogen-bond donors (Lipinski definition) is 2. The van der Waals surface area contributed by atoms with Gasteiger partial charge in [-0.1, -0.05) is 36.4 Å². The molecule has 0 bridgehead atoms. The van der Waals surface area contributed by atoms with Crippen molar-refractivity contribution in [3.63, 3.8) is 0 Å². The second kappa shape index (κ2) is 8.12. The lowest BCUT2D eigenvalue weighted by atomic mass is 9.88. The average molecular weight is 342 g/mol. The minimum absolute atomic E-state index is 0.320. The van der Waals surface area contributed by atoms with E-state index in [0.29, 0.717) is 13.0 Å². The highest BCUT2D eigenvalue weighted by Gasteiger charge is 2.31. The van der Waals surface area contributed by atoms with Crippen LogP contribution in [0.5, 0.6) is 0 Å². The molecule has 1 saturated heterocycles. The van der Waals surface area contributed by atoms with Crippen LogP contribution in [0.4, 0.5) is 9.18 Å². The molecular formula is C20H23FN2O2. The quantitative estimate of drug-likeness (QED) is 0.828. The van der Waals surface area contributed by atoms with E-state index >= 15 is 0 Å². The molecule has 0 spiro atoms. The molecule has 0 radical (unpaired) electrons. The number of nitrogens with zero attached hydrogens (tertiary/aromatic N) is 1. The first-order valence-electron chi connectivity index (χ1n) is 8.70. The Balaban J connectivity index is 0.000000314. The fourth-order valence-corrected chi connectivity index (χ4v) is 3.40. The first-order valence-corrected chi connectivity index (χ1v) is 8.70. The number of amides is 1. The van der Waals surface area contributed by atoms with E-state index < -0.39 is 6.09 Å². The van der Waals surface area contributed by atoms with Gasteiger partial charge in [-0.15, -0.1) is 0 Å². The summed E-state index contributed by atoms with van der Waals surface area (Å²) >= 11 is 0. The Kier molecular flexibility index (Phi) is 5.66. The largest absolute Gasteiger partial charge is 0.465 e. The molecule has 132 valence electrons. The lowest BCUT2D eigenvalue weighted by Crippen LogP contribution is -2.39. The Morgan fingerprint density at radius 1 is 1.08 bits per heavy atom. The lowest BCUT2D eigenvalue weighted by Gasteiger charge is -2.35. The van der Waals surface area contributed by atoms with Gasteiger partial charge in [0, 0.05) is 6.54 Å². The first-order chi connectivity index (χ1) is 12.2. The third-order valence-electron chi connectivity index (χ3n) is 4.67. The fourth-order valence-electron chi connectivity index (χ4n) is 3.40. The minimum atomic E-state index is -0.950. The molecule has 2 aromatic carbocycles. The summed E-state index contributed by atoms with van der Waals surface area (Å²) in [5.74, 6) is -0.320. The van der Waals surface area contributed by atoms with Crippen LogP contribution < -0.4 is 5.32 Å². The zero-order valence-corrected chi connectivity index (χ0v) is 14.1. The molecule has 0 saturated carbocycles. The molecule has 2 aromatic rings. The summed E-state index contributed by atoms with van der Waals surface area (Å²) in [5.41, 5.74) is 2.92. The van der Waals surface area contributed by atoms with Crippen molar-refractivity contribution in [3.05, 3.63) is 71.0 Å². The van der Waals surface area contributed by atoms with Crippen LogP contribution in [0.15, 0.2) is 48.5 Å². The van der Waals surface area contributed by atoms with Crippen LogP contribution in [-0.2, 0) is 6.42 Å². The number of fused-ring (bicyclic) bond motifs is 1. The molecule has 1 unspecified atom stereocenters. The van der Waals surface area contributed by atoms with Crippen LogP contribution in [0.1, 0.15) is 35.6 Å². The molecule has 25 heavy (non-hydrogen) atoms. The first kappa shape index (κ1) is 17.4. The second-order valence-corrected chi connectivity index (χ2v) is 6.34. The molecule has 1 fully saturated rings. The van der Waals surface area contributed by atoms with Crippen molar-refractivity contribution in [2.45, 2.75) is 25.3 Å². The molecule has 0 aliphatic carbocycles. The maximum Gasteiger partial charge on any atom is 0.408 e. The third-order valence-corrected chi connectivity index (χ3v) is 4.67. The third kappa shape index (κ3) is 4.17. The van der Waals surface area contributed by atoms with Crippen LogP contribution in [0.3, 0.4) is 0 Å². The summed E-state index contributed by atoms with van der Waals surface area (Å²) in [5, 5.41) is 12.6. The lowest BCUT2D eigenvalue weighted by molar-refractivity contribution is 0.129. The Hall–Kier alpha value is -2.40. The van der Waals surface area contributed by atoms with E-state index in [2.05, 4.69) is 5.32 Å². The van der Waals surface area contributed by atoms with Gasteiger partial charge in [0.05, 0.1) is 6.04 Å². The number of nitrogens with one attached hydrogen (secondary N) is 1. The number of benzene rings is 2. The Morgan fingerprint density at radius 2 is 1.76 bits per heavy atom. The molecule has 2 heterocycles. The summed E-state index contributed by atoms with van der Waals surface area (Å²) in [4.78, 5) is 12.9. The van der Waals surface area contributed by atoms with Gasteiger partial charge in [-0.3, -0.25) is 4.90 Å². The van der Waals surface area contributed by atoms with Crippen molar-refractivity contribution in [1.29, 1.82) is 0 Å². The molecule has 2 N–H and O–H groups in total. The topological polar surface area (TPSA) is 52.6 Å². The van der Waals surface area contributed by atoms with Crippen molar-refractivity contribution in [3.8, 4) is 0 Å². The van der Waals surface area contributed by atoms with Gasteiger partial charge in [-0.25, -0.2) is 9.18 Å². The van der Waals surface area contributed by atoms with Crippen molar-refractivity contribution < 1.29 is 14.3 Å². The van der Waals surface area contributed by atoms with Crippen molar-refractivity contribution in [1.82, 2.24) is 10.2 Å². The van der Waals surface area contributed by atoms with Gasteiger partial charge < -0.3 is 10.4 Å². The van der Waals surface area contributed by atoms with Gasteiger partial charge in [0.2, 0.25) is 0 Å². The normalized spacial score (nSPS) is 18.9. The molecule has 0 aromatic heterocycles. The highest BCUT2D eigenvalue weighted by atomic mass is 19.1. The van der Waals surface area contributed by atoms with E-state index in [0.717, 1.165) is 16.7 Å². The van der Waals surface area contributed by atoms with E-state index in [9.17, 15) is 14.3 Å². The zero-order valence-electron chi connectivity index (χ0n) is 14.1. The standard InChI is InChI=1S/C16H14FNO2.C4H9N/c17-13-7-5-12(6-8-13)15-14-4-2-1-3-11(14)9-10-18(15)16(19)20;1-2-4-5-3-1/h1-8,15H,9-10H2,(H,19,20);5H,1-4H2. The number of rotatable bonds is 1. The van der Waals surface area contributed by atoms with Crippen LogP contribution in [0, 0.1) is 5.82 Å². The van der Waals surface area contributed by atoms with Gasteiger partial charge in [0.15, 0.2) is 0 Å². The fraction of sp³-hybridized carbons (Fsp3) is 0.350. The summed E-state index contributed by atoms with van der Waals surface area (Å²) in [6.45, 7) is 2.95. The molecule has 1 amide bonds. The van der Waals surface area contributed by atoms with Crippen LogP contribution in [-0.4, -0.2) is 35.7 Å². The molecular weight excluding hydrogens is 319 g/mol. The zero-order chi connectivity index (χ0) is 17.6. The Bertz CT molecular complexity index is 706. The summed E-state index contributed by atoms with van der Waals surface area (Å²) in [7, 11) is 0. The van der Waals surface area contributed by atoms with Gasteiger partial charge in [-0.05, 0) is 61.2 Å². The summed E-state index contributed by atoms with van der Waals surface area (Å²) < 4.78 is 13.1. The Labute approximate surface area is 147 Å². The SMILES string of the molecule is C1CCNC1.O=C(O)N1CCc2ccccc2C1c1ccc(F)cc1. The molecule has 4 rings (SSSR count). The van der Waals surface area contributed by atoms with E-state index in [-0.39, 0.29) is 11.9 Å². The predicted octanol–water partition coefficient (Wildman–Crippen LogP) is 3.82. The van der Waals surface area contributed by atoms with Crippen LogP contribution in [0.2, 0.25) is 0 Å². The average Bonchev–Trinajstić information content (AvgIpc) is 3.21. The second-order valence-electron chi connectivity index (χ2n) is 6.34. The monoisotopic (exact) mass is 342 g/mol. The van der Waals surface area contributed by atoms with E-state index in [1.165, 1.54) is 43.0 Å². The molecule has 4 nitrogen and oxygen atoms in total. The maximum absolute atomic E-state index is 13.1. The number of halogens is 1. The number of hydrogen-bond acceptors (Lipinski definition) is 2. The predicted molar refractivity (Wildman–Crippen MR) is 95.2 cm³/mol. The van der Waals surface area contributed by atoms with Crippen molar-refractivity contribution >= 4 is 6.09 Å². The van der Waals surface area contributed by atoms with Gasteiger partial charge >= 0.3 is 6.09 Å². The van der Waals surface area contributed by atoms with E-state index in [1.54, 1.807) is 12.1 Å². The van der Waals surface area contributed by atoms with E-state index in [1.807, 2.05) is 24.3 Å². The maximum atomic E-state index is 13.1. The van der Waals surface area contributed by atoms with Crippen LogP contribution >= 0.6 is 0 Å². The van der Waals surface area contributed by atoms with Crippen LogP contribution in [0.25, 0.3) is 0 Å².